The molecule has 0 aliphatic rings. The van der Waals surface area contributed by atoms with Crippen LogP contribution in [0.4, 0.5) is 0 Å². The first-order valence-corrected chi connectivity index (χ1v) is 12.4. The number of fused-ring (bicyclic) bond motifs is 1. The molecule has 4 rings (SSSR count). The molecular formula is C31H37ClN2O3. The van der Waals surface area contributed by atoms with E-state index in [9.17, 15) is 5.11 Å². The number of hydrogen-bond acceptors (Lipinski definition) is 4. The standard InChI is InChI=1S/C31H36N2O3.ClH/c1-6-27(29-21-33(20-24(34)19-32(2)3)30-10-8-7-9-28(29)30)31(22-11-15-25(35-4)16-12-22)23-13-17-26(36-5)18-14-23;/h7-18,21,24,34H,6,19-20H2,1-5H3;1H. The Labute approximate surface area is 226 Å². The van der Waals surface area contributed by atoms with Crippen molar-refractivity contribution >= 4 is 34.5 Å². The number of allylic oxidation sites excluding steroid dienone is 1. The van der Waals surface area contributed by atoms with Gasteiger partial charge >= 0.3 is 0 Å². The number of methoxy groups -OCH3 is 2. The van der Waals surface area contributed by atoms with Gasteiger partial charge in [-0.1, -0.05) is 49.4 Å². The zero-order chi connectivity index (χ0) is 25.7. The second-order valence-corrected chi connectivity index (χ2v) is 9.29. The van der Waals surface area contributed by atoms with E-state index in [2.05, 4.69) is 66.2 Å². The van der Waals surface area contributed by atoms with Gasteiger partial charge in [-0.15, -0.1) is 12.4 Å². The van der Waals surface area contributed by atoms with E-state index in [1.165, 1.54) is 22.1 Å². The number of rotatable bonds is 10. The fourth-order valence-electron chi connectivity index (χ4n) is 4.88. The summed E-state index contributed by atoms with van der Waals surface area (Å²) in [5.41, 5.74) is 7.00. The van der Waals surface area contributed by atoms with Crippen LogP contribution in [0.1, 0.15) is 30.0 Å². The predicted molar refractivity (Wildman–Crippen MR) is 156 cm³/mol. The summed E-state index contributed by atoms with van der Waals surface area (Å²) >= 11 is 0. The number of halogens is 1. The molecule has 0 saturated heterocycles. The second kappa shape index (κ2) is 12.8. The second-order valence-electron chi connectivity index (χ2n) is 9.29. The Morgan fingerprint density at radius 2 is 1.41 bits per heavy atom. The predicted octanol–water partition coefficient (Wildman–Crippen LogP) is 6.37. The first kappa shape index (κ1) is 28.3. The summed E-state index contributed by atoms with van der Waals surface area (Å²) in [4.78, 5) is 2.01. The summed E-state index contributed by atoms with van der Waals surface area (Å²) < 4.78 is 13.0. The lowest BCUT2D eigenvalue weighted by Gasteiger charge is -2.17. The topological polar surface area (TPSA) is 46.9 Å². The van der Waals surface area contributed by atoms with Gasteiger partial charge < -0.3 is 24.0 Å². The quantitative estimate of drug-likeness (QED) is 0.264. The van der Waals surface area contributed by atoms with Gasteiger partial charge in [-0.05, 0) is 73.1 Å². The molecule has 0 amide bonds. The summed E-state index contributed by atoms with van der Waals surface area (Å²) in [7, 11) is 7.34. The SMILES string of the molecule is CCC(=C(c1ccc(OC)cc1)c1ccc(OC)cc1)c1cn(CC(O)CN(C)C)c2ccccc12.Cl. The maximum atomic E-state index is 10.7. The molecule has 37 heavy (non-hydrogen) atoms. The number of ether oxygens (including phenoxy) is 2. The summed E-state index contributed by atoms with van der Waals surface area (Å²) in [5.74, 6) is 1.66. The van der Waals surface area contributed by atoms with Crippen LogP contribution in [0, 0.1) is 0 Å². The Hall–Kier alpha value is -3.25. The van der Waals surface area contributed by atoms with Gasteiger partial charge in [0.15, 0.2) is 0 Å². The minimum atomic E-state index is -0.458. The average Bonchev–Trinajstić information content (AvgIpc) is 3.24. The lowest BCUT2D eigenvalue weighted by molar-refractivity contribution is 0.121. The van der Waals surface area contributed by atoms with Crippen molar-refractivity contribution in [3.05, 3.63) is 95.7 Å². The molecule has 1 unspecified atom stereocenters. The van der Waals surface area contributed by atoms with Crippen LogP contribution in [-0.4, -0.2) is 55.5 Å². The van der Waals surface area contributed by atoms with Crippen molar-refractivity contribution in [1.82, 2.24) is 9.47 Å². The first-order valence-electron chi connectivity index (χ1n) is 12.4. The Bertz CT molecular complexity index is 1280. The molecule has 0 aliphatic heterocycles. The molecular weight excluding hydrogens is 484 g/mol. The first-order chi connectivity index (χ1) is 17.4. The van der Waals surface area contributed by atoms with Gasteiger partial charge in [0.05, 0.1) is 20.3 Å². The van der Waals surface area contributed by atoms with E-state index in [0.717, 1.165) is 34.6 Å². The fraction of sp³-hybridized carbons (Fsp3) is 0.290. The third-order valence-corrected chi connectivity index (χ3v) is 6.51. The van der Waals surface area contributed by atoms with Crippen molar-refractivity contribution in [2.45, 2.75) is 26.0 Å². The molecule has 1 heterocycles. The Balaban J connectivity index is 0.00000380. The zero-order valence-electron chi connectivity index (χ0n) is 22.3. The summed E-state index contributed by atoms with van der Waals surface area (Å²) in [6.45, 7) is 3.35. The van der Waals surface area contributed by atoms with E-state index in [1.807, 2.05) is 43.3 Å². The molecule has 0 spiro atoms. The highest BCUT2D eigenvalue weighted by Gasteiger charge is 2.19. The number of benzene rings is 3. The van der Waals surface area contributed by atoms with E-state index in [4.69, 9.17) is 9.47 Å². The van der Waals surface area contributed by atoms with Crippen LogP contribution in [0.5, 0.6) is 11.5 Å². The highest BCUT2D eigenvalue weighted by Crippen LogP contribution is 2.39. The molecule has 6 heteroatoms. The van der Waals surface area contributed by atoms with E-state index in [-0.39, 0.29) is 12.4 Å². The molecule has 1 atom stereocenters. The third kappa shape index (κ3) is 6.37. The highest BCUT2D eigenvalue weighted by atomic mass is 35.5. The van der Waals surface area contributed by atoms with E-state index in [0.29, 0.717) is 13.1 Å². The third-order valence-electron chi connectivity index (χ3n) is 6.51. The minimum Gasteiger partial charge on any atom is -0.497 e. The van der Waals surface area contributed by atoms with E-state index < -0.39 is 6.10 Å². The number of aliphatic hydroxyl groups excluding tert-OH is 1. The lowest BCUT2D eigenvalue weighted by Crippen LogP contribution is -2.29. The highest BCUT2D eigenvalue weighted by molar-refractivity contribution is 6.05. The normalized spacial score (nSPS) is 11.8. The van der Waals surface area contributed by atoms with Gasteiger partial charge in [0, 0.05) is 35.8 Å². The van der Waals surface area contributed by atoms with Crippen LogP contribution >= 0.6 is 12.4 Å². The fourth-order valence-corrected chi connectivity index (χ4v) is 4.88. The molecule has 0 fully saturated rings. The van der Waals surface area contributed by atoms with Crippen molar-refractivity contribution < 1.29 is 14.6 Å². The summed E-state index contributed by atoms with van der Waals surface area (Å²) in [5, 5.41) is 11.9. The minimum absolute atomic E-state index is 0. The Morgan fingerprint density at radius 1 is 0.865 bits per heavy atom. The molecule has 4 aromatic rings. The number of aromatic nitrogens is 1. The van der Waals surface area contributed by atoms with E-state index >= 15 is 0 Å². The molecule has 196 valence electrons. The van der Waals surface area contributed by atoms with Crippen molar-refractivity contribution in [3.63, 3.8) is 0 Å². The van der Waals surface area contributed by atoms with Crippen molar-refractivity contribution in [2.24, 2.45) is 0 Å². The number of nitrogens with zero attached hydrogens (tertiary/aromatic N) is 2. The van der Waals surface area contributed by atoms with Gasteiger partial charge in [-0.2, -0.15) is 0 Å². The Kier molecular flexibility index (Phi) is 9.81. The Morgan fingerprint density at radius 3 is 1.89 bits per heavy atom. The summed E-state index contributed by atoms with van der Waals surface area (Å²) in [6, 6.07) is 25.0. The number of likely N-dealkylation sites (N-methyl/N-ethyl adjacent to an activating group) is 1. The van der Waals surface area contributed by atoms with Crippen LogP contribution in [0.3, 0.4) is 0 Å². The van der Waals surface area contributed by atoms with Gasteiger partial charge in [-0.25, -0.2) is 0 Å². The zero-order valence-corrected chi connectivity index (χ0v) is 23.1. The van der Waals surface area contributed by atoms with Crippen LogP contribution in [0.25, 0.3) is 22.0 Å². The monoisotopic (exact) mass is 520 g/mol. The molecule has 3 aromatic carbocycles. The number of aliphatic hydroxyl groups is 1. The molecule has 0 aliphatic carbocycles. The molecule has 5 nitrogen and oxygen atoms in total. The van der Waals surface area contributed by atoms with Gasteiger partial charge in [-0.3, -0.25) is 0 Å². The van der Waals surface area contributed by atoms with Crippen LogP contribution < -0.4 is 9.47 Å². The van der Waals surface area contributed by atoms with Crippen molar-refractivity contribution in [1.29, 1.82) is 0 Å². The van der Waals surface area contributed by atoms with Crippen molar-refractivity contribution in [2.75, 3.05) is 34.9 Å². The van der Waals surface area contributed by atoms with E-state index in [1.54, 1.807) is 14.2 Å². The summed E-state index contributed by atoms with van der Waals surface area (Å²) in [6.07, 6.45) is 2.59. The number of para-hydroxylation sites is 1. The molecule has 0 radical (unpaired) electrons. The van der Waals surface area contributed by atoms with Crippen LogP contribution in [0.15, 0.2) is 79.0 Å². The maximum Gasteiger partial charge on any atom is 0.118 e. The molecule has 0 saturated carbocycles. The van der Waals surface area contributed by atoms with Crippen LogP contribution in [0.2, 0.25) is 0 Å². The number of hydrogen-bond donors (Lipinski definition) is 1. The van der Waals surface area contributed by atoms with Gasteiger partial charge in [0.1, 0.15) is 11.5 Å². The van der Waals surface area contributed by atoms with Gasteiger partial charge in [0.2, 0.25) is 0 Å². The smallest absolute Gasteiger partial charge is 0.118 e. The maximum absolute atomic E-state index is 10.7. The molecule has 1 N–H and O–H groups in total. The lowest BCUT2D eigenvalue weighted by atomic mass is 9.88. The van der Waals surface area contributed by atoms with Crippen molar-refractivity contribution in [3.8, 4) is 11.5 Å². The van der Waals surface area contributed by atoms with Gasteiger partial charge in [0.25, 0.3) is 0 Å². The van der Waals surface area contributed by atoms with Crippen LogP contribution in [-0.2, 0) is 6.54 Å². The average molecular weight is 521 g/mol. The largest absolute Gasteiger partial charge is 0.497 e. The molecule has 1 aromatic heterocycles. The molecule has 0 bridgehead atoms.